The molecule has 7 heteroatoms. The van der Waals surface area contributed by atoms with Gasteiger partial charge in [0.1, 0.15) is 18.2 Å². The molecular formula is C23H23NO6. The second-order valence-corrected chi connectivity index (χ2v) is 7.96. The van der Waals surface area contributed by atoms with E-state index in [1.165, 1.54) is 13.0 Å². The summed E-state index contributed by atoms with van der Waals surface area (Å²) in [4.78, 5) is 51.0. The fourth-order valence-electron chi connectivity index (χ4n) is 4.23. The summed E-state index contributed by atoms with van der Waals surface area (Å²) in [7, 11) is 0. The maximum Gasteiger partial charge on any atom is 0.336 e. The summed E-state index contributed by atoms with van der Waals surface area (Å²) in [5.74, 6) is -2.13. The summed E-state index contributed by atoms with van der Waals surface area (Å²) in [5, 5.41) is 0.684. The van der Waals surface area contributed by atoms with Crippen LogP contribution in [0.2, 0.25) is 0 Å². The van der Waals surface area contributed by atoms with Gasteiger partial charge in [-0.1, -0.05) is 24.3 Å². The maximum absolute atomic E-state index is 12.7. The molecule has 0 unspecified atom stereocenters. The summed E-state index contributed by atoms with van der Waals surface area (Å²) in [6, 6.07) is 3.99. The van der Waals surface area contributed by atoms with Crippen LogP contribution in [0.25, 0.3) is 11.0 Å². The number of carbonyl (C=O) groups is 3. The van der Waals surface area contributed by atoms with Crippen LogP contribution in [0.1, 0.15) is 36.5 Å². The lowest BCUT2D eigenvalue weighted by Crippen LogP contribution is -2.44. The van der Waals surface area contributed by atoms with Gasteiger partial charge in [-0.15, -0.1) is 0 Å². The topological polar surface area (TPSA) is 93.9 Å². The smallest absolute Gasteiger partial charge is 0.336 e. The van der Waals surface area contributed by atoms with Crippen molar-refractivity contribution in [1.82, 2.24) is 4.90 Å². The molecular weight excluding hydrogens is 386 g/mol. The molecule has 0 spiro atoms. The Morgan fingerprint density at radius 3 is 2.40 bits per heavy atom. The lowest BCUT2D eigenvalue weighted by molar-refractivity contribution is -0.159. The number of esters is 1. The number of aryl methyl sites for hydroxylation is 2. The van der Waals surface area contributed by atoms with E-state index < -0.39 is 29.5 Å². The van der Waals surface area contributed by atoms with Gasteiger partial charge in [0.2, 0.25) is 11.8 Å². The Bertz CT molecular complexity index is 1120. The van der Waals surface area contributed by atoms with Gasteiger partial charge in [0.15, 0.2) is 0 Å². The van der Waals surface area contributed by atoms with E-state index in [1.54, 1.807) is 0 Å². The first kappa shape index (κ1) is 20.1. The zero-order valence-electron chi connectivity index (χ0n) is 17.1. The minimum Gasteiger partial charge on any atom is -0.459 e. The fourth-order valence-corrected chi connectivity index (χ4v) is 4.23. The molecule has 2 aromatic rings. The Morgan fingerprint density at radius 1 is 1.13 bits per heavy atom. The van der Waals surface area contributed by atoms with Gasteiger partial charge < -0.3 is 9.15 Å². The predicted octanol–water partition coefficient (Wildman–Crippen LogP) is 2.79. The molecule has 1 aliphatic heterocycles. The molecule has 2 amide bonds. The lowest BCUT2D eigenvalue weighted by Gasteiger charge is -2.21. The van der Waals surface area contributed by atoms with Crippen molar-refractivity contribution in [3.05, 3.63) is 57.5 Å². The average molecular weight is 409 g/mol. The van der Waals surface area contributed by atoms with Gasteiger partial charge in [0, 0.05) is 17.0 Å². The number of benzene rings is 1. The predicted molar refractivity (Wildman–Crippen MR) is 108 cm³/mol. The lowest BCUT2D eigenvalue weighted by atomic mass is 9.85. The molecule has 1 saturated heterocycles. The van der Waals surface area contributed by atoms with Crippen molar-refractivity contribution < 1.29 is 23.5 Å². The molecule has 1 aromatic heterocycles. The maximum atomic E-state index is 12.7. The first-order valence-electron chi connectivity index (χ1n) is 10.0. The van der Waals surface area contributed by atoms with Crippen LogP contribution in [-0.2, 0) is 25.7 Å². The Morgan fingerprint density at radius 2 is 1.77 bits per heavy atom. The summed E-state index contributed by atoms with van der Waals surface area (Å²) >= 11 is 0. The number of carbonyl (C=O) groups excluding carboxylic acids is 3. The first-order valence-corrected chi connectivity index (χ1v) is 10.0. The molecule has 1 aromatic carbocycles. The third-order valence-corrected chi connectivity index (χ3v) is 6.16. The number of imide groups is 1. The van der Waals surface area contributed by atoms with Crippen LogP contribution in [-0.4, -0.2) is 28.7 Å². The highest BCUT2D eigenvalue weighted by atomic mass is 16.5. The van der Waals surface area contributed by atoms with E-state index in [2.05, 4.69) is 0 Å². The fraction of sp³-hybridized carbons (Fsp3) is 0.391. The van der Waals surface area contributed by atoms with Gasteiger partial charge in [0.05, 0.1) is 11.8 Å². The van der Waals surface area contributed by atoms with Crippen molar-refractivity contribution in [3.63, 3.8) is 0 Å². The van der Waals surface area contributed by atoms with E-state index in [-0.39, 0.29) is 18.4 Å². The molecule has 0 radical (unpaired) electrons. The summed E-state index contributed by atoms with van der Waals surface area (Å²) in [5.41, 5.74) is 2.27. The van der Waals surface area contributed by atoms with Crippen LogP contribution >= 0.6 is 0 Å². The van der Waals surface area contributed by atoms with E-state index in [1.807, 2.05) is 38.1 Å². The number of hydrogen-bond acceptors (Lipinski definition) is 6. The summed E-state index contributed by atoms with van der Waals surface area (Å²) in [6.45, 7) is 5.12. The third-order valence-electron chi connectivity index (χ3n) is 6.16. The summed E-state index contributed by atoms with van der Waals surface area (Å²) in [6.07, 6.45) is 4.82. The molecule has 0 bridgehead atoms. The Hall–Kier alpha value is -3.22. The molecule has 1 aliphatic carbocycles. The molecule has 0 saturated carbocycles. The molecule has 3 atom stereocenters. The van der Waals surface area contributed by atoms with Crippen molar-refractivity contribution in [2.45, 2.75) is 46.3 Å². The minimum absolute atomic E-state index is 0.154. The Balaban J connectivity index is 1.53. The third kappa shape index (κ3) is 3.24. The van der Waals surface area contributed by atoms with Gasteiger partial charge in [-0.3, -0.25) is 14.5 Å². The van der Waals surface area contributed by atoms with Gasteiger partial charge in [0.25, 0.3) is 0 Å². The second kappa shape index (κ2) is 7.55. The van der Waals surface area contributed by atoms with Crippen molar-refractivity contribution in [2.75, 3.05) is 0 Å². The van der Waals surface area contributed by atoms with Crippen LogP contribution in [0.3, 0.4) is 0 Å². The number of allylic oxidation sites excluding steroid dienone is 2. The van der Waals surface area contributed by atoms with Crippen molar-refractivity contribution in [2.24, 2.45) is 11.8 Å². The quantitative estimate of drug-likeness (QED) is 0.334. The van der Waals surface area contributed by atoms with Gasteiger partial charge in [-0.05, 0) is 44.7 Å². The normalized spacial score (nSPS) is 21.8. The Labute approximate surface area is 173 Å². The molecule has 2 heterocycles. The number of hydrogen-bond donors (Lipinski definition) is 0. The number of amides is 2. The highest BCUT2D eigenvalue weighted by molar-refractivity contribution is 6.08. The monoisotopic (exact) mass is 409 g/mol. The number of nitrogens with zero attached hydrogens (tertiary/aromatic N) is 1. The second-order valence-electron chi connectivity index (χ2n) is 7.96. The van der Waals surface area contributed by atoms with Crippen LogP contribution in [0.5, 0.6) is 0 Å². The number of rotatable bonds is 4. The van der Waals surface area contributed by atoms with Crippen molar-refractivity contribution >= 4 is 28.8 Å². The highest BCUT2D eigenvalue weighted by Gasteiger charge is 2.50. The highest BCUT2D eigenvalue weighted by Crippen LogP contribution is 2.36. The summed E-state index contributed by atoms with van der Waals surface area (Å²) < 4.78 is 10.7. The first-order chi connectivity index (χ1) is 14.3. The van der Waals surface area contributed by atoms with E-state index in [0.29, 0.717) is 29.4 Å². The number of ether oxygens (including phenoxy) is 1. The van der Waals surface area contributed by atoms with Crippen LogP contribution in [0, 0.1) is 25.7 Å². The van der Waals surface area contributed by atoms with Crippen LogP contribution in [0.4, 0.5) is 0 Å². The van der Waals surface area contributed by atoms with Gasteiger partial charge >= 0.3 is 11.6 Å². The van der Waals surface area contributed by atoms with E-state index in [0.717, 1.165) is 16.0 Å². The van der Waals surface area contributed by atoms with E-state index in [4.69, 9.17) is 9.15 Å². The number of fused-ring (bicyclic) bond motifs is 2. The van der Waals surface area contributed by atoms with Crippen LogP contribution < -0.4 is 5.63 Å². The van der Waals surface area contributed by atoms with E-state index >= 15 is 0 Å². The standard InChI is InChI=1S/C23H23NO6/c1-12-8-9-16-15(10-19(25)30-20(16)13(12)2)11-29-23(28)14(3)24-21(26)17-6-4-5-7-18(17)22(24)27/h4-5,8-10,14,17-18H,6-7,11H2,1-3H3/t14-,17-,18-/m0/s1. The molecule has 4 rings (SSSR count). The largest absolute Gasteiger partial charge is 0.459 e. The molecule has 30 heavy (non-hydrogen) atoms. The zero-order valence-corrected chi connectivity index (χ0v) is 17.1. The average Bonchev–Trinajstić information content (AvgIpc) is 2.99. The van der Waals surface area contributed by atoms with Gasteiger partial charge in [-0.2, -0.15) is 0 Å². The van der Waals surface area contributed by atoms with Crippen LogP contribution in [0.15, 0.2) is 39.6 Å². The zero-order chi connectivity index (χ0) is 21.6. The SMILES string of the molecule is Cc1ccc2c(COC(=O)[C@H](C)N3C(=O)[C@H]4CC=CC[C@@H]4C3=O)cc(=O)oc2c1C. The minimum atomic E-state index is -1.02. The molecule has 7 nitrogen and oxygen atoms in total. The van der Waals surface area contributed by atoms with Crippen molar-refractivity contribution in [1.29, 1.82) is 0 Å². The molecule has 2 aliphatic rings. The molecule has 156 valence electrons. The Kier molecular flexibility index (Phi) is 5.05. The van der Waals surface area contributed by atoms with Gasteiger partial charge in [-0.25, -0.2) is 9.59 Å². The molecule has 0 N–H and O–H groups in total. The molecule has 1 fully saturated rings. The number of likely N-dealkylation sites (tertiary alicyclic amines) is 1. The van der Waals surface area contributed by atoms with E-state index in [9.17, 15) is 19.2 Å². The van der Waals surface area contributed by atoms with Crippen molar-refractivity contribution in [3.8, 4) is 0 Å².